The molecule has 0 spiro atoms. The van der Waals surface area contributed by atoms with Gasteiger partial charge in [0.25, 0.3) is 5.91 Å². The second-order valence-corrected chi connectivity index (χ2v) is 6.84. The van der Waals surface area contributed by atoms with Gasteiger partial charge in [-0.1, -0.05) is 36.4 Å². The predicted molar refractivity (Wildman–Crippen MR) is 115 cm³/mol. The highest BCUT2D eigenvalue weighted by Gasteiger charge is 2.23. The topological polar surface area (TPSA) is 58.2 Å². The van der Waals surface area contributed by atoms with Crippen LogP contribution < -0.4 is 0 Å². The molecule has 5 nitrogen and oxygen atoms in total. The molecule has 1 saturated heterocycles. The van der Waals surface area contributed by atoms with E-state index in [1.807, 2.05) is 65.6 Å². The van der Waals surface area contributed by atoms with E-state index in [1.165, 1.54) is 0 Å². The fourth-order valence-electron chi connectivity index (χ4n) is 3.50. The summed E-state index contributed by atoms with van der Waals surface area (Å²) < 4.78 is 5.37. The number of nitrogens with zero attached hydrogens (tertiary/aromatic N) is 2. The summed E-state index contributed by atoms with van der Waals surface area (Å²) in [5.41, 5.74) is 3.70. The normalized spacial score (nSPS) is 15.1. The van der Waals surface area contributed by atoms with Gasteiger partial charge in [-0.05, 0) is 42.7 Å². The maximum absolute atomic E-state index is 12.7. The molecular formula is C22H24ClN3O2. The summed E-state index contributed by atoms with van der Waals surface area (Å²) in [5, 5.41) is 8.48. The molecular weight excluding hydrogens is 374 g/mol. The van der Waals surface area contributed by atoms with Crippen molar-refractivity contribution >= 4 is 41.4 Å². The molecule has 1 amide bonds. The molecule has 1 aliphatic heterocycles. The Bertz CT molecular complexity index is 957. The second kappa shape index (κ2) is 9.04. The molecule has 0 bridgehead atoms. The smallest absolute Gasteiger partial charge is 0.253 e. The van der Waals surface area contributed by atoms with Gasteiger partial charge in [0.05, 0.1) is 17.3 Å². The molecule has 1 aliphatic rings. The third-order valence-corrected chi connectivity index (χ3v) is 5.15. The van der Waals surface area contributed by atoms with Crippen molar-refractivity contribution in [3.05, 3.63) is 65.4 Å². The summed E-state index contributed by atoms with van der Waals surface area (Å²) >= 11 is 0. The van der Waals surface area contributed by atoms with Crippen LogP contribution in [0.5, 0.6) is 0 Å². The number of amides is 1. The Hall–Kier alpha value is -2.63. The first kappa shape index (κ1) is 20.1. The Labute approximate surface area is 170 Å². The average Bonchev–Trinajstić information content (AvgIpc) is 3.15. The zero-order chi connectivity index (χ0) is 18.6. The van der Waals surface area contributed by atoms with E-state index < -0.39 is 0 Å². The first-order chi connectivity index (χ1) is 13.2. The van der Waals surface area contributed by atoms with E-state index in [-0.39, 0.29) is 24.4 Å². The fraction of sp³-hybridized carbons (Fsp3) is 0.273. The van der Waals surface area contributed by atoms with E-state index in [1.54, 1.807) is 7.11 Å². The maximum Gasteiger partial charge on any atom is 0.253 e. The number of ether oxygens (including phenoxy) is 1. The van der Waals surface area contributed by atoms with Crippen molar-refractivity contribution in [1.29, 1.82) is 0 Å². The monoisotopic (exact) mass is 397 g/mol. The lowest BCUT2D eigenvalue weighted by atomic mass is 10.1. The predicted octanol–water partition coefficient (Wildman–Crippen LogP) is 4.41. The first-order valence-corrected chi connectivity index (χ1v) is 9.28. The van der Waals surface area contributed by atoms with Crippen molar-refractivity contribution in [2.45, 2.75) is 18.9 Å². The highest BCUT2D eigenvalue weighted by atomic mass is 35.5. The quantitative estimate of drug-likeness (QED) is 0.709. The number of methoxy groups -OCH3 is 1. The van der Waals surface area contributed by atoms with Crippen molar-refractivity contribution in [3.63, 3.8) is 0 Å². The lowest BCUT2D eigenvalue weighted by Gasteiger charge is -2.31. The molecule has 146 valence electrons. The van der Waals surface area contributed by atoms with Gasteiger partial charge in [-0.2, -0.15) is 5.10 Å². The Kier molecular flexibility index (Phi) is 6.49. The van der Waals surface area contributed by atoms with Gasteiger partial charge >= 0.3 is 0 Å². The molecule has 28 heavy (non-hydrogen) atoms. The minimum absolute atomic E-state index is 0. The average molecular weight is 398 g/mol. The van der Waals surface area contributed by atoms with Crippen LogP contribution in [0.4, 0.5) is 0 Å². The second-order valence-electron chi connectivity index (χ2n) is 6.84. The minimum Gasteiger partial charge on any atom is -0.381 e. The molecule has 1 N–H and O–H groups in total. The van der Waals surface area contributed by atoms with Gasteiger partial charge in [0.2, 0.25) is 0 Å². The van der Waals surface area contributed by atoms with E-state index in [0.717, 1.165) is 53.7 Å². The van der Waals surface area contributed by atoms with Crippen molar-refractivity contribution < 1.29 is 9.53 Å². The van der Waals surface area contributed by atoms with E-state index in [0.29, 0.717) is 0 Å². The molecule has 0 atom stereocenters. The van der Waals surface area contributed by atoms with Crippen LogP contribution in [0.15, 0.2) is 48.5 Å². The molecule has 4 rings (SSSR count). The number of aromatic amines is 1. The van der Waals surface area contributed by atoms with Crippen LogP contribution in [0.3, 0.4) is 0 Å². The number of likely N-dealkylation sites (tertiary alicyclic amines) is 1. The summed E-state index contributed by atoms with van der Waals surface area (Å²) in [7, 11) is 1.74. The molecule has 0 unspecified atom stereocenters. The Balaban J connectivity index is 0.00000225. The number of piperidine rings is 1. The number of benzene rings is 2. The number of H-pyrrole nitrogens is 1. The molecule has 6 heteroatoms. The summed E-state index contributed by atoms with van der Waals surface area (Å²) in [6.07, 6.45) is 6.09. The molecule has 0 aliphatic carbocycles. The molecule has 2 heterocycles. The van der Waals surface area contributed by atoms with Crippen LogP contribution in [-0.2, 0) is 4.74 Å². The van der Waals surface area contributed by atoms with Crippen LogP contribution >= 0.6 is 12.4 Å². The Morgan fingerprint density at radius 3 is 2.54 bits per heavy atom. The van der Waals surface area contributed by atoms with Crippen LogP contribution in [-0.4, -0.2) is 47.3 Å². The molecule has 1 aromatic heterocycles. The lowest BCUT2D eigenvalue weighted by molar-refractivity contribution is 0.0351. The van der Waals surface area contributed by atoms with E-state index in [4.69, 9.17) is 4.74 Å². The van der Waals surface area contributed by atoms with Gasteiger partial charge in [0.1, 0.15) is 0 Å². The summed E-state index contributed by atoms with van der Waals surface area (Å²) in [5.74, 6) is 0.0957. The number of carbonyl (C=O) groups is 1. The van der Waals surface area contributed by atoms with Crippen molar-refractivity contribution in [3.8, 4) is 0 Å². The zero-order valence-corrected chi connectivity index (χ0v) is 16.6. The highest BCUT2D eigenvalue weighted by Crippen LogP contribution is 2.19. The number of para-hydroxylation sites is 1. The van der Waals surface area contributed by atoms with Gasteiger partial charge < -0.3 is 9.64 Å². The van der Waals surface area contributed by atoms with Gasteiger partial charge in [0, 0.05) is 31.1 Å². The largest absolute Gasteiger partial charge is 0.381 e. The number of hydrogen-bond acceptors (Lipinski definition) is 3. The van der Waals surface area contributed by atoms with Crippen LogP contribution in [0.2, 0.25) is 0 Å². The third-order valence-electron chi connectivity index (χ3n) is 5.15. The SMILES string of the molecule is COC1CCN(C(=O)c2ccc(C=Cc3n[nH]c4ccccc34)cc2)CC1.Cl. The number of aromatic nitrogens is 2. The van der Waals surface area contributed by atoms with Gasteiger partial charge in [-0.25, -0.2) is 0 Å². The third kappa shape index (κ3) is 4.26. The minimum atomic E-state index is 0. The summed E-state index contributed by atoms with van der Waals surface area (Å²) in [6.45, 7) is 1.51. The molecule has 2 aromatic carbocycles. The number of nitrogens with one attached hydrogen (secondary N) is 1. The zero-order valence-electron chi connectivity index (χ0n) is 15.8. The number of hydrogen-bond donors (Lipinski definition) is 1. The molecule has 1 fully saturated rings. The van der Waals surface area contributed by atoms with Gasteiger partial charge in [-0.3, -0.25) is 9.89 Å². The summed E-state index contributed by atoms with van der Waals surface area (Å²) in [4.78, 5) is 14.6. The lowest BCUT2D eigenvalue weighted by Crippen LogP contribution is -2.40. The highest BCUT2D eigenvalue weighted by molar-refractivity contribution is 5.95. The number of fused-ring (bicyclic) bond motifs is 1. The van der Waals surface area contributed by atoms with Crippen molar-refractivity contribution in [1.82, 2.24) is 15.1 Å². The molecule has 0 saturated carbocycles. The molecule has 3 aromatic rings. The Morgan fingerprint density at radius 2 is 1.82 bits per heavy atom. The van der Waals surface area contributed by atoms with Crippen molar-refractivity contribution in [2.24, 2.45) is 0 Å². The fourth-order valence-corrected chi connectivity index (χ4v) is 3.50. The van der Waals surface area contributed by atoms with Gasteiger partial charge in [-0.15, -0.1) is 12.4 Å². The van der Waals surface area contributed by atoms with Gasteiger partial charge in [0.15, 0.2) is 0 Å². The van der Waals surface area contributed by atoms with Crippen molar-refractivity contribution in [2.75, 3.05) is 20.2 Å². The van der Waals surface area contributed by atoms with Crippen LogP contribution in [0.25, 0.3) is 23.1 Å². The molecule has 0 radical (unpaired) electrons. The summed E-state index contributed by atoms with van der Waals surface area (Å²) in [6, 6.07) is 15.8. The van der Waals surface area contributed by atoms with Crippen LogP contribution in [0, 0.1) is 0 Å². The Morgan fingerprint density at radius 1 is 1.11 bits per heavy atom. The van der Waals surface area contributed by atoms with E-state index >= 15 is 0 Å². The number of carbonyl (C=O) groups excluding carboxylic acids is 1. The maximum atomic E-state index is 12.7. The number of halogens is 1. The van der Waals surface area contributed by atoms with E-state index in [9.17, 15) is 4.79 Å². The van der Waals surface area contributed by atoms with Crippen LogP contribution in [0.1, 0.15) is 34.5 Å². The van der Waals surface area contributed by atoms with E-state index in [2.05, 4.69) is 10.2 Å². The first-order valence-electron chi connectivity index (χ1n) is 9.28. The number of rotatable bonds is 4. The standard InChI is InChI=1S/C22H23N3O2.ClH/c1-27-18-12-14-25(15-13-18)22(26)17-9-6-16(7-10-17)8-11-21-19-4-2-3-5-20(19)23-24-21;/h2-11,18H,12-15H2,1H3,(H,23,24);1H.